The van der Waals surface area contributed by atoms with Crippen LogP contribution in [-0.2, 0) is 0 Å². The number of fused-ring (bicyclic) bond motifs is 4. The molecular formula is C100H80N8O8. The van der Waals surface area contributed by atoms with Gasteiger partial charge in [-0.25, -0.2) is 29.3 Å². The Labute approximate surface area is 671 Å². The third-order valence-electron chi connectivity index (χ3n) is 24.4. The zero-order chi connectivity index (χ0) is 82.4. The molecule has 4 aliphatic rings. The number of imide groups is 4. The number of hydrogen-bond donors (Lipinski definition) is 0. The highest BCUT2D eigenvalue weighted by atomic mass is 16.2. The summed E-state index contributed by atoms with van der Waals surface area (Å²) in [5.41, 5.74) is 12.2. The van der Waals surface area contributed by atoms with Crippen molar-refractivity contribution >= 4 is 168 Å². The first-order valence-electron chi connectivity index (χ1n) is 39.6. The first-order valence-corrected chi connectivity index (χ1v) is 39.6. The molecule has 4 heterocycles. The van der Waals surface area contributed by atoms with Gasteiger partial charge in [0, 0.05) is 65.7 Å². The normalized spacial score (nSPS) is 14.2. The number of nitriles is 2. The van der Waals surface area contributed by atoms with Crippen LogP contribution in [-0.4, -0.2) is 47.3 Å². The summed E-state index contributed by atoms with van der Waals surface area (Å²) in [7, 11) is 0. The van der Waals surface area contributed by atoms with E-state index in [0.29, 0.717) is 131 Å². The van der Waals surface area contributed by atoms with Gasteiger partial charge in [0.2, 0.25) is 0 Å². The molecule has 16 heteroatoms. The largest absolute Gasteiger partial charge is 0.268 e. The van der Waals surface area contributed by atoms with E-state index >= 15 is 0 Å². The van der Waals surface area contributed by atoms with Crippen LogP contribution in [0.4, 0.5) is 34.1 Å². The van der Waals surface area contributed by atoms with E-state index in [1.54, 1.807) is 72.8 Å². The molecule has 0 bridgehead atoms. The van der Waals surface area contributed by atoms with Gasteiger partial charge in [0.1, 0.15) is 0 Å². The van der Waals surface area contributed by atoms with E-state index in [2.05, 4.69) is 21.8 Å². The Bertz CT molecular complexity index is 6670. The molecule has 0 N–H and O–H groups in total. The summed E-state index contributed by atoms with van der Waals surface area (Å²) in [5, 5.41) is 29.7. The molecule has 0 radical (unpaired) electrons. The van der Waals surface area contributed by atoms with Gasteiger partial charge in [-0.05, 0) is 194 Å². The Hall–Kier alpha value is -13.8. The molecule has 0 saturated carbocycles. The molecular weight excluding hydrogens is 1440 g/mol. The summed E-state index contributed by atoms with van der Waals surface area (Å²) in [6.45, 7) is 49.4. The Morgan fingerprint density at radius 1 is 0.250 bits per heavy atom. The molecule has 568 valence electrons. The van der Waals surface area contributed by atoms with Crippen LogP contribution < -0.4 is 19.6 Å². The van der Waals surface area contributed by atoms with Crippen LogP contribution >= 0.6 is 0 Å². The number of hydrogen-bond acceptors (Lipinski definition) is 10. The summed E-state index contributed by atoms with van der Waals surface area (Å²) < 4.78 is 0. The molecule has 14 aromatic rings. The van der Waals surface area contributed by atoms with Crippen LogP contribution in [0, 0.1) is 35.8 Å². The van der Waals surface area contributed by atoms with Gasteiger partial charge in [-0.2, -0.15) is 10.5 Å². The molecule has 14 aromatic carbocycles. The van der Waals surface area contributed by atoms with E-state index in [1.807, 2.05) is 184 Å². The van der Waals surface area contributed by atoms with E-state index in [9.17, 15) is 48.9 Å². The maximum absolute atomic E-state index is 14.9. The Morgan fingerprint density at radius 2 is 0.457 bits per heavy atom. The molecule has 8 amide bonds. The number of anilines is 4. The van der Waals surface area contributed by atoms with E-state index in [-0.39, 0.29) is 92.1 Å². The smallest absolute Gasteiger partial charge is 0.266 e. The average Bonchev–Trinajstić information content (AvgIpc) is 0.682. The van der Waals surface area contributed by atoms with E-state index in [0.717, 1.165) is 44.5 Å². The van der Waals surface area contributed by atoms with Crippen LogP contribution in [0.5, 0.6) is 0 Å². The van der Waals surface area contributed by atoms with Crippen molar-refractivity contribution in [3.05, 3.63) is 269 Å². The highest BCUT2D eigenvalue weighted by Crippen LogP contribution is 2.56. The van der Waals surface area contributed by atoms with Gasteiger partial charge in [-0.3, -0.25) is 38.4 Å². The molecule has 18 rings (SSSR count). The van der Waals surface area contributed by atoms with Crippen LogP contribution in [0.15, 0.2) is 146 Å². The van der Waals surface area contributed by atoms with Crippen molar-refractivity contribution < 1.29 is 38.4 Å². The second-order valence-electron chi connectivity index (χ2n) is 33.6. The fourth-order valence-corrected chi connectivity index (χ4v) is 19.1. The van der Waals surface area contributed by atoms with Gasteiger partial charge in [-0.1, -0.05) is 208 Å². The first-order chi connectivity index (χ1) is 55.4. The minimum absolute atomic E-state index is 0.00815. The highest BCUT2D eigenvalue weighted by molar-refractivity contribution is 6.50. The summed E-state index contributed by atoms with van der Waals surface area (Å²) >= 11 is 0. The van der Waals surface area contributed by atoms with Crippen LogP contribution in [0.2, 0.25) is 0 Å². The van der Waals surface area contributed by atoms with Crippen LogP contribution in [0.25, 0.3) is 95.9 Å². The predicted octanol–water partition coefficient (Wildman–Crippen LogP) is 24.5. The quantitative estimate of drug-likeness (QED) is 0.0489. The Balaban J connectivity index is 0.000000167. The monoisotopic (exact) mass is 1520 g/mol. The third kappa shape index (κ3) is 10.2. The van der Waals surface area contributed by atoms with Gasteiger partial charge >= 0.3 is 0 Å². The first kappa shape index (κ1) is 74.9. The molecule has 116 heavy (non-hydrogen) atoms. The molecule has 0 spiro atoms. The number of para-hydroxylation sites is 4. The number of rotatable bonds is 12. The maximum Gasteiger partial charge on any atom is 0.266 e. The lowest BCUT2D eigenvalue weighted by Crippen LogP contribution is -2.42. The highest BCUT2D eigenvalue weighted by Gasteiger charge is 2.46. The minimum atomic E-state index is -0.535. The fraction of sp³-hybridized carbons (Fsp3) is 0.240. The fourth-order valence-electron chi connectivity index (χ4n) is 19.1. The van der Waals surface area contributed by atoms with Gasteiger partial charge < -0.3 is 0 Å². The lowest BCUT2D eigenvalue weighted by atomic mass is 9.79. The topological polar surface area (TPSA) is 206 Å². The number of nitrogens with zero attached hydrogens (tertiary/aromatic N) is 8. The second-order valence-corrected chi connectivity index (χ2v) is 33.6. The standard InChI is InChI=1S/2C50H40N4O4/c1-23(2)28-12-10-13-29(24(3)4)45(28)53-47(55)34-19-17-33-42-38(52-9)21-37-41-35(48(56)54(50(37)58)46-30(25(5)6)14-11-15-31(46)26(7)8)18-16-32(44(41)42)39-27(22-51)20-36(49(53)57)40(34)43(33)39;1-23(2)28-12-10-13-29(24(3)4)45(28)53-47(55)34-18-16-32-39-27(22-51)20-36-42-37(50(58)54(49(36)57)46-30(25(5)6)14-11-15-31(46)26(7)8)21-38(52-9)43(44(39)42)33-17-19-35(48(53)56)41(34)40(32)33/h2*10-21,23-26H,1-8H3. The van der Waals surface area contributed by atoms with Gasteiger partial charge in [0.15, 0.2) is 11.4 Å². The lowest BCUT2D eigenvalue weighted by molar-refractivity contribution is 0.0877. The number of benzene rings is 14. The summed E-state index contributed by atoms with van der Waals surface area (Å²) in [6, 6.07) is 48.4. The molecule has 0 fully saturated rings. The second kappa shape index (κ2) is 26.9. The molecule has 0 unspecified atom stereocenters. The van der Waals surface area contributed by atoms with Crippen LogP contribution in [0.1, 0.15) is 297 Å². The SMILES string of the molecule is [C-]#[N+]c1cc2c3c(cc(C#N)c4c5ccc6c7c(ccc(c1c34)c75)C(=O)N(c1c(C(C)C)cccc1C(C)C)C6=O)C(=O)N(c1c(C(C)C)cccc1C(C)C)C2=O.[C-]#[N+]c1cc2c3c(ccc4c5c(C#N)cc6c7c(ccc(c1c34)c75)C(=O)N(c1c(C(C)C)cccc1C(C)C)C6=O)C(=O)N(c1c(C(C)C)cccc1C(C)C)C2=O. The van der Waals surface area contributed by atoms with E-state index < -0.39 is 47.3 Å². The van der Waals surface area contributed by atoms with Gasteiger partial charge in [-0.15, -0.1) is 0 Å². The van der Waals surface area contributed by atoms with Crippen molar-refractivity contribution in [3.63, 3.8) is 0 Å². The molecule has 16 nitrogen and oxygen atoms in total. The molecule has 4 aliphatic heterocycles. The van der Waals surface area contributed by atoms with E-state index in [4.69, 9.17) is 13.1 Å². The minimum Gasteiger partial charge on any atom is -0.268 e. The summed E-state index contributed by atoms with van der Waals surface area (Å²) in [5.74, 6) is -3.81. The van der Waals surface area contributed by atoms with Crippen molar-refractivity contribution in [2.45, 2.75) is 158 Å². The van der Waals surface area contributed by atoms with Crippen molar-refractivity contribution in [3.8, 4) is 12.1 Å². The number of carbonyl (C=O) groups is 8. The van der Waals surface area contributed by atoms with Crippen molar-refractivity contribution in [2.75, 3.05) is 19.6 Å². The third-order valence-corrected chi connectivity index (χ3v) is 24.4. The summed E-state index contributed by atoms with van der Waals surface area (Å²) in [4.78, 5) is 132. The molecule has 0 atom stereocenters. The number of carbonyl (C=O) groups excluding carboxylic acids is 8. The predicted molar refractivity (Wildman–Crippen MR) is 460 cm³/mol. The van der Waals surface area contributed by atoms with Gasteiger partial charge in [0.05, 0.1) is 70.3 Å². The molecule has 0 saturated heterocycles. The van der Waals surface area contributed by atoms with E-state index in [1.165, 1.54) is 19.6 Å². The average molecular weight is 1520 g/mol. The maximum atomic E-state index is 14.9. The molecule has 0 aromatic heterocycles. The van der Waals surface area contributed by atoms with Crippen molar-refractivity contribution in [1.82, 2.24) is 0 Å². The Morgan fingerprint density at radius 3 is 0.724 bits per heavy atom. The summed E-state index contributed by atoms with van der Waals surface area (Å²) in [6.07, 6.45) is 0. The molecule has 0 aliphatic carbocycles. The Kier molecular flexibility index (Phi) is 17.4. The lowest BCUT2D eigenvalue weighted by Gasteiger charge is -2.34. The van der Waals surface area contributed by atoms with Crippen molar-refractivity contribution in [1.29, 1.82) is 10.5 Å². The zero-order valence-electron chi connectivity index (χ0n) is 67.3. The van der Waals surface area contributed by atoms with Gasteiger partial charge in [0.25, 0.3) is 47.3 Å². The zero-order valence-corrected chi connectivity index (χ0v) is 67.3. The number of amides is 8. The van der Waals surface area contributed by atoms with Crippen molar-refractivity contribution in [2.24, 2.45) is 0 Å². The van der Waals surface area contributed by atoms with Crippen LogP contribution in [0.3, 0.4) is 0 Å².